The summed E-state index contributed by atoms with van der Waals surface area (Å²) in [5.74, 6) is 0.741. The van der Waals surface area contributed by atoms with Gasteiger partial charge in [0.1, 0.15) is 0 Å². The topological polar surface area (TPSA) is 24.5 Å². The van der Waals surface area contributed by atoms with Crippen LogP contribution in [0.15, 0.2) is 0 Å². The van der Waals surface area contributed by atoms with Crippen molar-refractivity contribution in [3.8, 4) is 0 Å². The predicted octanol–water partition coefficient (Wildman–Crippen LogP) is 2.26. The molecule has 106 valence electrons. The minimum Gasteiger partial charge on any atom is -0.374 e. The third-order valence-electron chi connectivity index (χ3n) is 4.05. The zero-order chi connectivity index (χ0) is 13.0. The van der Waals surface area contributed by atoms with E-state index in [0.29, 0.717) is 18.2 Å². The molecule has 0 bridgehead atoms. The third kappa shape index (κ3) is 4.52. The smallest absolute Gasteiger partial charge is 0.0706 e. The molecule has 0 aromatic heterocycles. The van der Waals surface area contributed by atoms with Gasteiger partial charge in [0.25, 0.3) is 0 Å². The maximum atomic E-state index is 5.98. The quantitative estimate of drug-likeness (QED) is 0.787. The average Bonchev–Trinajstić information content (AvgIpc) is 2.89. The summed E-state index contributed by atoms with van der Waals surface area (Å²) < 4.78 is 5.98. The van der Waals surface area contributed by atoms with Crippen molar-refractivity contribution in [2.45, 2.75) is 64.7 Å². The summed E-state index contributed by atoms with van der Waals surface area (Å²) in [4.78, 5) is 2.62. The molecule has 0 aromatic rings. The standard InChI is InChI=1S/C15H30N2O/c1-12(2)9-17(10-14-5-4-8-16-14)11-15-7-6-13(3)18-15/h12-16H,4-11H2,1-3H3. The summed E-state index contributed by atoms with van der Waals surface area (Å²) in [5, 5.41) is 3.61. The Kier molecular flexibility index (Phi) is 5.46. The van der Waals surface area contributed by atoms with Gasteiger partial charge in [0, 0.05) is 25.7 Å². The highest BCUT2D eigenvalue weighted by molar-refractivity contribution is 4.81. The zero-order valence-corrected chi connectivity index (χ0v) is 12.3. The molecule has 2 heterocycles. The first-order chi connectivity index (χ1) is 8.63. The van der Waals surface area contributed by atoms with Crippen molar-refractivity contribution in [2.75, 3.05) is 26.2 Å². The van der Waals surface area contributed by atoms with Crippen LogP contribution >= 0.6 is 0 Å². The van der Waals surface area contributed by atoms with Gasteiger partial charge in [-0.3, -0.25) is 4.90 Å². The van der Waals surface area contributed by atoms with Crippen LogP contribution in [0.3, 0.4) is 0 Å². The Morgan fingerprint density at radius 3 is 2.61 bits per heavy atom. The molecule has 0 aromatic carbocycles. The number of rotatable bonds is 6. The van der Waals surface area contributed by atoms with Crippen molar-refractivity contribution in [3.63, 3.8) is 0 Å². The van der Waals surface area contributed by atoms with Crippen molar-refractivity contribution in [3.05, 3.63) is 0 Å². The van der Waals surface area contributed by atoms with Crippen molar-refractivity contribution in [1.29, 1.82) is 0 Å². The molecule has 2 rings (SSSR count). The summed E-state index contributed by atoms with van der Waals surface area (Å²) in [7, 11) is 0. The number of nitrogens with zero attached hydrogens (tertiary/aromatic N) is 1. The van der Waals surface area contributed by atoms with Crippen LogP contribution in [0.25, 0.3) is 0 Å². The Morgan fingerprint density at radius 1 is 1.22 bits per heavy atom. The van der Waals surface area contributed by atoms with Crippen molar-refractivity contribution < 1.29 is 4.74 Å². The van der Waals surface area contributed by atoms with Crippen LogP contribution in [-0.2, 0) is 4.74 Å². The normalized spacial score (nSPS) is 32.8. The van der Waals surface area contributed by atoms with Crippen molar-refractivity contribution in [2.24, 2.45) is 5.92 Å². The van der Waals surface area contributed by atoms with E-state index in [1.165, 1.54) is 45.3 Å². The Hall–Kier alpha value is -0.120. The minimum absolute atomic E-state index is 0.472. The highest BCUT2D eigenvalue weighted by Crippen LogP contribution is 2.20. The molecule has 0 amide bonds. The molecule has 0 aliphatic carbocycles. The minimum atomic E-state index is 0.472. The maximum Gasteiger partial charge on any atom is 0.0706 e. The van der Waals surface area contributed by atoms with E-state index < -0.39 is 0 Å². The Bertz CT molecular complexity index is 239. The van der Waals surface area contributed by atoms with Crippen LogP contribution in [0.4, 0.5) is 0 Å². The van der Waals surface area contributed by atoms with Gasteiger partial charge in [-0.1, -0.05) is 13.8 Å². The second-order valence-corrected chi connectivity index (χ2v) is 6.55. The van der Waals surface area contributed by atoms with Crippen molar-refractivity contribution in [1.82, 2.24) is 10.2 Å². The van der Waals surface area contributed by atoms with Gasteiger partial charge in [0.15, 0.2) is 0 Å². The second-order valence-electron chi connectivity index (χ2n) is 6.55. The molecule has 2 aliphatic heterocycles. The second kappa shape index (κ2) is 6.88. The molecule has 2 fully saturated rings. The molecule has 3 nitrogen and oxygen atoms in total. The molecule has 3 unspecified atom stereocenters. The monoisotopic (exact) mass is 254 g/mol. The van der Waals surface area contributed by atoms with Gasteiger partial charge in [-0.25, -0.2) is 0 Å². The summed E-state index contributed by atoms with van der Waals surface area (Å²) in [5.41, 5.74) is 0. The summed E-state index contributed by atoms with van der Waals surface area (Å²) in [6, 6.07) is 0.711. The van der Waals surface area contributed by atoms with Gasteiger partial charge in [0.05, 0.1) is 12.2 Å². The Morgan fingerprint density at radius 2 is 2.06 bits per heavy atom. The molecule has 0 saturated carbocycles. The third-order valence-corrected chi connectivity index (χ3v) is 4.05. The highest BCUT2D eigenvalue weighted by Gasteiger charge is 2.26. The molecule has 18 heavy (non-hydrogen) atoms. The molecule has 2 aliphatic rings. The van der Waals surface area contributed by atoms with Crippen LogP contribution in [0.2, 0.25) is 0 Å². The number of nitrogens with one attached hydrogen (secondary N) is 1. The fourth-order valence-corrected chi connectivity index (χ4v) is 3.27. The van der Waals surface area contributed by atoms with Crippen LogP contribution in [0.1, 0.15) is 46.5 Å². The Labute approximate surface area is 112 Å². The Balaban J connectivity index is 1.79. The lowest BCUT2D eigenvalue weighted by Crippen LogP contribution is -2.42. The molecule has 2 saturated heterocycles. The van der Waals surface area contributed by atoms with Crippen molar-refractivity contribution >= 4 is 0 Å². The van der Waals surface area contributed by atoms with Crippen LogP contribution < -0.4 is 5.32 Å². The van der Waals surface area contributed by atoms with E-state index in [9.17, 15) is 0 Å². The van der Waals surface area contributed by atoms with Crippen LogP contribution in [-0.4, -0.2) is 49.3 Å². The summed E-state index contributed by atoms with van der Waals surface area (Å²) in [6.45, 7) is 11.6. The van der Waals surface area contributed by atoms with Gasteiger partial charge >= 0.3 is 0 Å². The maximum absolute atomic E-state index is 5.98. The first-order valence-electron chi connectivity index (χ1n) is 7.74. The van der Waals surface area contributed by atoms with E-state index in [4.69, 9.17) is 4.74 Å². The molecule has 0 spiro atoms. The highest BCUT2D eigenvalue weighted by atomic mass is 16.5. The number of hydrogen-bond acceptors (Lipinski definition) is 3. The molecule has 3 heteroatoms. The SMILES string of the molecule is CC(C)CN(CC1CCCN1)CC1CCC(C)O1. The van der Waals surface area contributed by atoms with Gasteiger partial charge in [-0.15, -0.1) is 0 Å². The summed E-state index contributed by atoms with van der Waals surface area (Å²) in [6.07, 6.45) is 6.12. The molecular formula is C15H30N2O. The number of ether oxygens (including phenoxy) is 1. The fraction of sp³-hybridized carbons (Fsp3) is 1.00. The van der Waals surface area contributed by atoms with E-state index in [1.54, 1.807) is 0 Å². The van der Waals surface area contributed by atoms with Gasteiger partial charge in [-0.05, 0) is 45.1 Å². The largest absolute Gasteiger partial charge is 0.374 e. The molecule has 0 radical (unpaired) electrons. The first-order valence-corrected chi connectivity index (χ1v) is 7.74. The predicted molar refractivity (Wildman–Crippen MR) is 75.9 cm³/mol. The fourth-order valence-electron chi connectivity index (χ4n) is 3.27. The lowest BCUT2D eigenvalue weighted by atomic mass is 10.1. The van der Waals surface area contributed by atoms with Gasteiger partial charge in [0.2, 0.25) is 0 Å². The molecule has 1 N–H and O–H groups in total. The van der Waals surface area contributed by atoms with E-state index in [1.807, 2.05) is 0 Å². The van der Waals surface area contributed by atoms with E-state index in [0.717, 1.165) is 12.5 Å². The average molecular weight is 254 g/mol. The van der Waals surface area contributed by atoms with Crippen LogP contribution in [0.5, 0.6) is 0 Å². The molecule has 3 atom stereocenters. The molecular weight excluding hydrogens is 224 g/mol. The zero-order valence-electron chi connectivity index (χ0n) is 12.3. The lowest BCUT2D eigenvalue weighted by Gasteiger charge is -2.29. The van der Waals surface area contributed by atoms with Crippen LogP contribution in [0, 0.1) is 5.92 Å². The van der Waals surface area contributed by atoms with E-state index >= 15 is 0 Å². The van der Waals surface area contributed by atoms with Gasteiger partial charge < -0.3 is 10.1 Å². The van der Waals surface area contributed by atoms with E-state index in [-0.39, 0.29) is 0 Å². The van der Waals surface area contributed by atoms with E-state index in [2.05, 4.69) is 31.0 Å². The van der Waals surface area contributed by atoms with Gasteiger partial charge in [-0.2, -0.15) is 0 Å². The first kappa shape index (κ1) is 14.3. The summed E-state index contributed by atoms with van der Waals surface area (Å²) >= 11 is 0. The number of hydrogen-bond donors (Lipinski definition) is 1. The lowest BCUT2D eigenvalue weighted by molar-refractivity contribution is 0.0275.